The Morgan fingerprint density at radius 2 is 1.94 bits per heavy atom. The fourth-order valence-electron chi connectivity index (χ4n) is 1.02. The number of aldehydes is 1. The van der Waals surface area contributed by atoms with Gasteiger partial charge in [0.15, 0.2) is 0 Å². The number of ether oxygens (including phenoxy) is 1. The molecule has 1 aromatic carbocycles. The highest BCUT2D eigenvalue weighted by Crippen LogP contribution is 2.14. The molecule has 0 unspecified atom stereocenters. The number of carbonyl (C=O) groups is 1. The molecule has 0 radical (unpaired) electrons. The van der Waals surface area contributed by atoms with Gasteiger partial charge in [-0.1, -0.05) is 0 Å². The van der Waals surface area contributed by atoms with Crippen LogP contribution < -0.4 is 4.74 Å². The topological polar surface area (TPSA) is 66.8 Å². The lowest BCUT2D eigenvalue weighted by atomic mass is 10.0. The van der Waals surface area contributed by atoms with Crippen LogP contribution in [0.25, 0.3) is 0 Å². The lowest BCUT2D eigenvalue weighted by Gasteiger charge is -2.24. The second-order valence-electron chi connectivity index (χ2n) is 4.17. The molecule has 0 aromatic heterocycles. The minimum Gasteiger partial charge on any atom is -0.491 e. The van der Waals surface area contributed by atoms with Crippen molar-refractivity contribution in [2.75, 3.05) is 6.61 Å². The van der Waals surface area contributed by atoms with Gasteiger partial charge >= 0.3 is 0 Å². The summed E-state index contributed by atoms with van der Waals surface area (Å²) < 4.78 is 5.27. The molecule has 1 rings (SSSR count). The Morgan fingerprint density at radius 3 is 2.38 bits per heavy atom. The Labute approximate surface area is 94.5 Å². The number of rotatable bonds is 5. The highest BCUT2D eigenvalue weighted by atomic mass is 16.5. The smallest absolute Gasteiger partial charge is 0.150 e. The van der Waals surface area contributed by atoms with Crippen molar-refractivity contribution >= 4 is 6.29 Å². The van der Waals surface area contributed by atoms with Crippen molar-refractivity contribution in [3.8, 4) is 5.75 Å². The average molecular weight is 224 g/mol. The minimum atomic E-state index is -1.19. The second kappa shape index (κ2) is 5.09. The van der Waals surface area contributed by atoms with Gasteiger partial charge in [0.05, 0.1) is 5.60 Å². The normalized spacial score (nSPS) is 13.2. The van der Waals surface area contributed by atoms with E-state index in [1.807, 2.05) is 0 Å². The zero-order chi connectivity index (χ0) is 12.2. The van der Waals surface area contributed by atoms with E-state index in [4.69, 9.17) is 4.74 Å². The molecule has 4 heteroatoms. The summed E-state index contributed by atoms with van der Waals surface area (Å²) in [7, 11) is 0. The second-order valence-corrected chi connectivity index (χ2v) is 4.17. The van der Waals surface area contributed by atoms with Crippen molar-refractivity contribution in [1.29, 1.82) is 0 Å². The zero-order valence-corrected chi connectivity index (χ0v) is 9.38. The van der Waals surface area contributed by atoms with Crippen molar-refractivity contribution in [3.05, 3.63) is 29.8 Å². The first kappa shape index (κ1) is 12.7. The Morgan fingerprint density at radius 1 is 1.38 bits per heavy atom. The maximum absolute atomic E-state index is 10.4. The van der Waals surface area contributed by atoms with Gasteiger partial charge in [0.2, 0.25) is 0 Å². The summed E-state index contributed by atoms with van der Waals surface area (Å²) in [4.78, 5) is 10.4. The molecule has 0 amide bonds. The summed E-state index contributed by atoms with van der Waals surface area (Å²) in [6.45, 7) is 3.02. The van der Waals surface area contributed by atoms with Gasteiger partial charge in [-0.05, 0) is 38.1 Å². The van der Waals surface area contributed by atoms with Crippen LogP contribution in [0.5, 0.6) is 5.75 Å². The molecule has 0 heterocycles. The first-order valence-corrected chi connectivity index (χ1v) is 5.02. The number of aliphatic hydroxyl groups excluding tert-OH is 1. The maximum atomic E-state index is 10.4. The van der Waals surface area contributed by atoms with Crippen LogP contribution in [-0.4, -0.2) is 34.8 Å². The van der Waals surface area contributed by atoms with E-state index < -0.39 is 11.7 Å². The number of carbonyl (C=O) groups excluding carboxylic acids is 1. The maximum Gasteiger partial charge on any atom is 0.150 e. The lowest BCUT2D eigenvalue weighted by Crippen LogP contribution is -2.40. The van der Waals surface area contributed by atoms with Gasteiger partial charge < -0.3 is 14.9 Å². The molecule has 1 atom stereocenters. The van der Waals surface area contributed by atoms with Crippen LogP contribution in [0.15, 0.2) is 24.3 Å². The first-order valence-electron chi connectivity index (χ1n) is 5.02. The van der Waals surface area contributed by atoms with Crippen LogP contribution in [0.3, 0.4) is 0 Å². The number of benzene rings is 1. The van der Waals surface area contributed by atoms with E-state index in [-0.39, 0.29) is 6.61 Å². The van der Waals surface area contributed by atoms with E-state index >= 15 is 0 Å². The molecule has 0 aliphatic rings. The molecule has 0 fully saturated rings. The molecule has 88 valence electrons. The molecule has 0 saturated carbocycles. The quantitative estimate of drug-likeness (QED) is 0.732. The molecule has 16 heavy (non-hydrogen) atoms. The third kappa shape index (κ3) is 3.64. The number of aliphatic hydroxyl groups is 2. The summed E-state index contributed by atoms with van der Waals surface area (Å²) in [5, 5.41) is 19.0. The molecule has 0 aliphatic heterocycles. The first-order chi connectivity index (χ1) is 7.43. The molecular weight excluding hydrogens is 208 g/mol. The van der Waals surface area contributed by atoms with Crippen LogP contribution in [-0.2, 0) is 0 Å². The fraction of sp³-hybridized carbons (Fsp3) is 0.417. The summed E-state index contributed by atoms with van der Waals surface area (Å²) in [5.74, 6) is 0.550. The number of hydrogen-bond donors (Lipinski definition) is 2. The van der Waals surface area contributed by atoms with Crippen molar-refractivity contribution in [3.63, 3.8) is 0 Å². The van der Waals surface area contributed by atoms with Crippen molar-refractivity contribution in [2.45, 2.75) is 25.6 Å². The summed E-state index contributed by atoms with van der Waals surface area (Å²) in [6, 6.07) is 6.53. The van der Waals surface area contributed by atoms with E-state index in [1.165, 1.54) is 13.8 Å². The third-order valence-corrected chi connectivity index (χ3v) is 2.24. The molecule has 0 bridgehead atoms. The average Bonchev–Trinajstić information content (AvgIpc) is 2.25. The van der Waals surface area contributed by atoms with Gasteiger partial charge in [-0.15, -0.1) is 0 Å². The number of hydrogen-bond acceptors (Lipinski definition) is 4. The summed E-state index contributed by atoms with van der Waals surface area (Å²) in [6.07, 6.45) is -0.214. The Hall–Kier alpha value is -1.39. The lowest BCUT2D eigenvalue weighted by molar-refractivity contribution is -0.0661. The van der Waals surface area contributed by atoms with Gasteiger partial charge in [0, 0.05) is 5.56 Å². The van der Waals surface area contributed by atoms with E-state index in [9.17, 15) is 15.0 Å². The van der Waals surface area contributed by atoms with Crippen molar-refractivity contribution in [1.82, 2.24) is 0 Å². The summed E-state index contributed by atoms with van der Waals surface area (Å²) >= 11 is 0. The molecular formula is C12H16O4. The molecule has 0 saturated heterocycles. The van der Waals surface area contributed by atoms with E-state index in [1.54, 1.807) is 24.3 Å². The predicted octanol–water partition coefficient (Wildman–Crippen LogP) is 1.01. The van der Waals surface area contributed by atoms with E-state index in [0.717, 1.165) is 6.29 Å². The predicted molar refractivity (Wildman–Crippen MR) is 59.6 cm³/mol. The fourth-order valence-corrected chi connectivity index (χ4v) is 1.02. The van der Waals surface area contributed by atoms with Crippen molar-refractivity contribution < 1.29 is 19.7 Å². The standard InChI is InChI=1S/C12H16O4/c1-12(2,15)11(14)8-16-10-5-3-9(7-13)4-6-10/h3-7,11,14-15H,8H2,1-2H3/t11-/m1/s1. The summed E-state index contributed by atoms with van der Waals surface area (Å²) in [5.41, 5.74) is -0.627. The van der Waals surface area contributed by atoms with Crippen LogP contribution >= 0.6 is 0 Å². The zero-order valence-electron chi connectivity index (χ0n) is 9.38. The minimum absolute atomic E-state index is 0.00390. The van der Waals surface area contributed by atoms with Crippen LogP contribution in [0.1, 0.15) is 24.2 Å². The molecule has 2 N–H and O–H groups in total. The van der Waals surface area contributed by atoms with E-state index in [2.05, 4.69) is 0 Å². The molecule has 1 aromatic rings. The van der Waals surface area contributed by atoms with Crippen LogP contribution in [0.2, 0.25) is 0 Å². The van der Waals surface area contributed by atoms with Gasteiger partial charge in [-0.2, -0.15) is 0 Å². The van der Waals surface area contributed by atoms with Gasteiger partial charge in [0.1, 0.15) is 24.7 Å². The van der Waals surface area contributed by atoms with Gasteiger partial charge in [-0.3, -0.25) is 4.79 Å². The third-order valence-electron chi connectivity index (χ3n) is 2.24. The Balaban J connectivity index is 2.51. The molecule has 0 aliphatic carbocycles. The largest absolute Gasteiger partial charge is 0.491 e. The van der Waals surface area contributed by atoms with Crippen LogP contribution in [0.4, 0.5) is 0 Å². The Bertz CT molecular complexity index is 337. The SMILES string of the molecule is CC(C)(O)[C@H](O)COc1ccc(C=O)cc1. The van der Waals surface area contributed by atoms with Crippen LogP contribution in [0, 0.1) is 0 Å². The van der Waals surface area contributed by atoms with E-state index in [0.29, 0.717) is 11.3 Å². The highest BCUT2D eigenvalue weighted by Gasteiger charge is 2.24. The van der Waals surface area contributed by atoms with Gasteiger partial charge in [-0.25, -0.2) is 0 Å². The molecule has 0 spiro atoms. The van der Waals surface area contributed by atoms with Gasteiger partial charge in [0.25, 0.3) is 0 Å². The Kier molecular flexibility index (Phi) is 4.04. The molecule has 4 nitrogen and oxygen atoms in total. The monoisotopic (exact) mass is 224 g/mol. The van der Waals surface area contributed by atoms with Crippen molar-refractivity contribution in [2.24, 2.45) is 0 Å². The highest BCUT2D eigenvalue weighted by molar-refractivity contribution is 5.74.